The molecule has 0 fully saturated rings. The summed E-state index contributed by atoms with van der Waals surface area (Å²) in [6, 6.07) is 0. The lowest BCUT2D eigenvalue weighted by molar-refractivity contribution is -0.926. The molecule has 0 radical (unpaired) electrons. The van der Waals surface area contributed by atoms with Gasteiger partial charge in [0, 0.05) is 0 Å². The van der Waals surface area contributed by atoms with Crippen molar-refractivity contribution in [1.29, 1.82) is 0 Å². The van der Waals surface area contributed by atoms with Crippen molar-refractivity contribution in [2.24, 2.45) is 0 Å². The van der Waals surface area contributed by atoms with Crippen LogP contribution in [0.2, 0.25) is 0 Å². The van der Waals surface area contributed by atoms with Crippen LogP contribution >= 0.6 is 11.6 Å². The number of unbranched alkanes of at least 4 members (excludes halogenated alkanes) is 7. The van der Waals surface area contributed by atoms with Gasteiger partial charge in [-0.2, -0.15) is 0 Å². The highest BCUT2D eigenvalue weighted by Crippen LogP contribution is 2.16. The molecular formula is C18H39ClIN. The Morgan fingerprint density at radius 3 is 1.38 bits per heavy atom. The lowest BCUT2D eigenvalue weighted by Crippen LogP contribution is -3.00. The molecule has 0 amide bonds. The highest BCUT2D eigenvalue weighted by Gasteiger charge is 2.25. The molecule has 3 heteroatoms. The van der Waals surface area contributed by atoms with Crippen molar-refractivity contribution in [3.63, 3.8) is 0 Å². The topological polar surface area (TPSA) is 0 Å². The van der Waals surface area contributed by atoms with Gasteiger partial charge in [-0.1, -0.05) is 52.9 Å². The minimum atomic E-state index is 0. The highest BCUT2D eigenvalue weighted by atomic mass is 127. The predicted molar refractivity (Wildman–Crippen MR) is 93.6 cm³/mol. The SMILES string of the molecule is CCCCCC[N+](CCCl)(CCCC)CCCCCC.[I-]. The zero-order chi connectivity index (χ0) is 15.1. The van der Waals surface area contributed by atoms with E-state index in [2.05, 4.69) is 20.8 Å². The third-order valence-corrected chi connectivity index (χ3v) is 4.69. The first-order chi connectivity index (χ1) is 9.74. The number of hydrogen-bond donors (Lipinski definition) is 0. The van der Waals surface area contributed by atoms with Crippen molar-refractivity contribution in [3.8, 4) is 0 Å². The largest absolute Gasteiger partial charge is 1.00 e. The molecule has 0 N–H and O–H groups in total. The van der Waals surface area contributed by atoms with Crippen LogP contribution in [0.15, 0.2) is 0 Å². The Morgan fingerprint density at radius 2 is 1.00 bits per heavy atom. The van der Waals surface area contributed by atoms with Crippen LogP contribution in [0.4, 0.5) is 0 Å². The lowest BCUT2D eigenvalue weighted by atomic mass is 10.1. The molecule has 0 saturated heterocycles. The van der Waals surface area contributed by atoms with E-state index in [-0.39, 0.29) is 24.0 Å². The van der Waals surface area contributed by atoms with Crippen LogP contribution in [0.5, 0.6) is 0 Å². The Labute approximate surface area is 156 Å². The Hall–Kier alpha value is 0.980. The molecule has 0 aromatic rings. The maximum absolute atomic E-state index is 6.13. The first-order valence-electron chi connectivity index (χ1n) is 9.15. The number of quaternary nitrogens is 1. The molecule has 0 saturated carbocycles. The third kappa shape index (κ3) is 13.1. The first kappa shape index (κ1) is 24.2. The minimum Gasteiger partial charge on any atom is -1.00 e. The van der Waals surface area contributed by atoms with Gasteiger partial charge in [-0.15, -0.1) is 11.6 Å². The van der Waals surface area contributed by atoms with Gasteiger partial charge >= 0.3 is 0 Å². The van der Waals surface area contributed by atoms with Crippen molar-refractivity contribution in [2.75, 3.05) is 32.1 Å². The molecule has 0 heterocycles. The Kier molecular flexibility index (Phi) is 20.0. The van der Waals surface area contributed by atoms with Gasteiger partial charge < -0.3 is 28.5 Å². The summed E-state index contributed by atoms with van der Waals surface area (Å²) in [6.07, 6.45) is 13.7. The van der Waals surface area contributed by atoms with E-state index in [0.717, 1.165) is 5.88 Å². The second-order valence-corrected chi connectivity index (χ2v) is 6.78. The summed E-state index contributed by atoms with van der Waals surface area (Å²) in [5, 5.41) is 0. The average Bonchev–Trinajstić information content (AvgIpc) is 2.46. The Morgan fingerprint density at radius 1 is 0.571 bits per heavy atom. The monoisotopic (exact) mass is 431 g/mol. The van der Waals surface area contributed by atoms with Gasteiger partial charge in [0.1, 0.15) is 0 Å². The van der Waals surface area contributed by atoms with Crippen LogP contribution in [0.3, 0.4) is 0 Å². The maximum atomic E-state index is 6.13. The van der Waals surface area contributed by atoms with Gasteiger partial charge in [0.25, 0.3) is 0 Å². The number of hydrogen-bond acceptors (Lipinski definition) is 0. The van der Waals surface area contributed by atoms with E-state index in [4.69, 9.17) is 11.6 Å². The summed E-state index contributed by atoms with van der Waals surface area (Å²) >= 11 is 6.13. The zero-order valence-corrected chi connectivity index (χ0v) is 17.7. The predicted octanol–water partition coefficient (Wildman–Crippen LogP) is 3.01. The average molecular weight is 432 g/mol. The van der Waals surface area contributed by atoms with Gasteiger partial charge in [0.05, 0.1) is 32.1 Å². The molecule has 130 valence electrons. The van der Waals surface area contributed by atoms with Crippen LogP contribution < -0.4 is 24.0 Å². The summed E-state index contributed by atoms with van der Waals surface area (Å²) in [5.41, 5.74) is 0. The van der Waals surface area contributed by atoms with Crippen LogP contribution in [0, 0.1) is 0 Å². The quantitative estimate of drug-likeness (QED) is 0.162. The van der Waals surface area contributed by atoms with Gasteiger partial charge in [0.15, 0.2) is 0 Å². The standard InChI is InChI=1S/C18H39ClN.HI/c1-4-7-10-12-16-20(18-14-19,15-9-6-3)17-13-11-8-5-2;/h4-18H2,1-3H3;1H/q+1;/p-1. The maximum Gasteiger partial charge on any atom is 0.0924 e. The molecule has 21 heavy (non-hydrogen) atoms. The zero-order valence-electron chi connectivity index (χ0n) is 14.8. The molecule has 0 unspecified atom stereocenters. The Bertz CT molecular complexity index is 188. The van der Waals surface area contributed by atoms with E-state index in [1.165, 1.54) is 94.9 Å². The fourth-order valence-corrected chi connectivity index (χ4v) is 3.45. The number of rotatable bonds is 15. The van der Waals surface area contributed by atoms with Gasteiger partial charge in [0.2, 0.25) is 0 Å². The molecule has 0 aliphatic heterocycles. The minimum absolute atomic E-state index is 0. The Balaban J connectivity index is 0. The molecule has 0 aromatic heterocycles. The van der Waals surface area contributed by atoms with Gasteiger partial charge in [-0.05, 0) is 32.1 Å². The molecule has 0 rings (SSSR count). The summed E-state index contributed by atoms with van der Waals surface area (Å²) in [4.78, 5) is 0. The summed E-state index contributed by atoms with van der Waals surface area (Å²) < 4.78 is 1.30. The first-order valence-corrected chi connectivity index (χ1v) is 9.69. The molecule has 0 aliphatic rings. The van der Waals surface area contributed by atoms with E-state index in [1.54, 1.807) is 0 Å². The highest BCUT2D eigenvalue weighted by molar-refractivity contribution is 6.17. The van der Waals surface area contributed by atoms with Crippen LogP contribution in [-0.4, -0.2) is 36.5 Å². The van der Waals surface area contributed by atoms with Crippen molar-refractivity contribution < 1.29 is 28.5 Å². The number of nitrogens with zero attached hydrogens (tertiary/aromatic N) is 1. The number of halogens is 2. The lowest BCUT2D eigenvalue weighted by Gasteiger charge is -2.39. The fourth-order valence-electron chi connectivity index (χ4n) is 3.09. The van der Waals surface area contributed by atoms with Crippen LogP contribution in [-0.2, 0) is 0 Å². The molecular weight excluding hydrogens is 393 g/mol. The molecule has 0 aliphatic carbocycles. The van der Waals surface area contributed by atoms with Crippen molar-refractivity contribution in [2.45, 2.75) is 85.0 Å². The van der Waals surface area contributed by atoms with Crippen molar-refractivity contribution >= 4 is 11.6 Å². The van der Waals surface area contributed by atoms with E-state index >= 15 is 0 Å². The van der Waals surface area contributed by atoms with Crippen molar-refractivity contribution in [1.82, 2.24) is 0 Å². The molecule has 0 spiro atoms. The fraction of sp³-hybridized carbons (Fsp3) is 1.00. The second kappa shape index (κ2) is 17.3. The van der Waals surface area contributed by atoms with Gasteiger partial charge in [-0.3, -0.25) is 0 Å². The van der Waals surface area contributed by atoms with E-state index in [0.29, 0.717) is 0 Å². The second-order valence-electron chi connectivity index (χ2n) is 6.40. The summed E-state index contributed by atoms with van der Waals surface area (Å²) in [5.74, 6) is 0.825. The molecule has 0 bridgehead atoms. The molecule has 0 aromatic carbocycles. The normalized spacial score (nSPS) is 11.4. The van der Waals surface area contributed by atoms with Crippen LogP contribution in [0.25, 0.3) is 0 Å². The van der Waals surface area contributed by atoms with E-state index in [9.17, 15) is 0 Å². The third-order valence-electron chi connectivity index (χ3n) is 4.52. The van der Waals surface area contributed by atoms with Crippen LogP contribution in [0.1, 0.15) is 85.0 Å². The smallest absolute Gasteiger partial charge is 0.0924 e. The summed E-state index contributed by atoms with van der Waals surface area (Å²) in [7, 11) is 0. The molecule has 0 atom stereocenters. The molecule has 1 nitrogen and oxygen atoms in total. The van der Waals surface area contributed by atoms with Crippen molar-refractivity contribution in [3.05, 3.63) is 0 Å². The van der Waals surface area contributed by atoms with E-state index < -0.39 is 0 Å². The summed E-state index contributed by atoms with van der Waals surface area (Å²) in [6.45, 7) is 12.1. The number of alkyl halides is 1. The van der Waals surface area contributed by atoms with E-state index in [1.807, 2.05) is 0 Å². The van der Waals surface area contributed by atoms with Gasteiger partial charge in [-0.25, -0.2) is 0 Å².